The molecule has 1 heterocycles. The third-order valence-corrected chi connectivity index (χ3v) is 4.06. The van der Waals surface area contributed by atoms with Crippen LogP contribution in [0.1, 0.15) is 25.7 Å². The summed E-state index contributed by atoms with van der Waals surface area (Å²) in [5.41, 5.74) is 0. The number of ether oxygens (including phenoxy) is 1. The van der Waals surface area contributed by atoms with Crippen molar-refractivity contribution in [1.29, 1.82) is 0 Å². The SMILES string of the molecule is CN(C(=S)SCCCC(=O)O)C1CCCO1. The molecule has 16 heavy (non-hydrogen) atoms. The second kappa shape index (κ2) is 7.09. The number of hydrogen-bond donors (Lipinski definition) is 1. The number of aliphatic carboxylic acids is 1. The minimum absolute atomic E-state index is 0.111. The Labute approximate surface area is 105 Å². The summed E-state index contributed by atoms with van der Waals surface area (Å²) >= 11 is 6.78. The van der Waals surface area contributed by atoms with Crippen molar-refractivity contribution < 1.29 is 14.6 Å². The van der Waals surface area contributed by atoms with Gasteiger partial charge in [-0.1, -0.05) is 24.0 Å². The highest BCUT2D eigenvalue weighted by atomic mass is 32.2. The average molecular weight is 263 g/mol. The molecule has 1 atom stereocenters. The molecule has 1 saturated heterocycles. The van der Waals surface area contributed by atoms with E-state index >= 15 is 0 Å². The lowest BCUT2D eigenvalue weighted by molar-refractivity contribution is -0.137. The van der Waals surface area contributed by atoms with Crippen molar-refractivity contribution in [3.63, 3.8) is 0 Å². The van der Waals surface area contributed by atoms with Crippen LogP contribution in [-0.2, 0) is 9.53 Å². The maximum Gasteiger partial charge on any atom is 0.303 e. The topological polar surface area (TPSA) is 49.8 Å². The van der Waals surface area contributed by atoms with E-state index in [2.05, 4.69) is 0 Å². The molecule has 1 aliphatic heterocycles. The minimum atomic E-state index is -0.751. The monoisotopic (exact) mass is 263 g/mol. The van der Waals surface area contributed by atoms with Gasteiger partial charge in [-0.3, -0.25) is 4.79 Å². The zero-order valence-corrected chi connectivity index (χ0v) is 11.0. The predicted molar refractivity (Wildman–Crippen MR) is 68.7 cm³/mol. The molecule has 0 radical (unpaired) electrons. The van der Waals surface area contributed by atoms with Gasteiger partial charge in [0, 0.05) is 25.8 Å². The summed E-state index contributed by atoms with van der Waals surface area (Å²) in [6, 6.07) is 0. The summed E-state index contributed by atoms with van der Waals surface area (Å²) in [5.74, 6) is 0.00125. The van der Waals surface area contributed by atoms with Crippen molar-refractivity contribution in [1.82, 2.24) is 4.90 Å². The lowest BCUT2D eigenvalue weighted by Gasteiger charge is -2.25. The van der Waals surface area contributed by atoms with Crippen molar-refractivity contribution >= 4 is 34.3 Å². The number of carboxylic acids is 1. The highest BCUT2D eigenvalue weighted by Crippen LogP contribution is 2.20. The number of thiocarbonyl (C=S) groups is 1. The van der Waals surface area contributed by atoms with Crippen LogP contribution in [0.3, 0.4) is 0 Å². The first kappa shape index (κ1) is 13.7. The van der Waals surface area contributed by atoms with E-state index in [1.807, 2.05) is 11.9 Å². The van der Waals surface area contributed by atoms with Crippen LogP contribution in [0.15, 0.2) is 0 Å². The average Bonchev–Trinajstić information content (AvgIpc) is 2.76. The van der Waals surface area contributed by atoms with E-state index in [4.69, 9.17) is 22.1 Å². The van der Waals surface area contributed by atoms with E-state index in [-0.39, 0.29) is 12.6 Å². The van der Waals surface area contributed by atoms with Gasteiger partial charge in [-0.15, -0.1) is 0 Å². The van der Waals surface area contributed by atoms with Crippen LogP contribution < -0.4 is 0 Å². The fourth-order valence-electron chi connectivity index (χ4n) is 1.47. The number of carboxylic acid groups (broad SMARTS) is 1. The number of hydrogen-bond acceptors (Lipinski definition) is 4. The van der Waals surface area contributed by atoms with Crippen LogP contribution in [-0.4, -0.2) is 45.9 Å². The van der Waals surface area contributed by atoms with Crippen LogP contribution >= 0.6 is 24.0 Å². The minimum Gasteiger partial charge on any atom is -0.481 e. The Balaban J connectivity index is 2.15. The normalized spacial score (nSPS) is 19.7. The van der Waals surface area contributed by atoms with Gasteiger partial charge in [-0.25, -0.2) is 0 Å². The lowest BCUT2D eigenvalue weighted by atomic mass is 10.3. The zero-order chi connectivity index (χ0) is 12.0. The molecule has 92 valence electrons. The summed E-state index contributed by atoms with van der Waals surface area (Å²) in [7, 11) is 1.93. The molecule has 0 bridgehead atoms. The van der Waals surface area contributed by atoms with Gasteiger partial charge in [-0.05, 0) is 19.3 Å². The van der Waals surface area contributed by atoms with Crippen LogP contribution in [0.5, 0.6) is 0 Å². The second-order valence-corrected chi connectivity index (χ2v) is 5.42. The van der Waals surface area contributed by atoms with Gasteiger partial charge in [0.15, 0.2) is 0 Å². The van der Waals surface area contributed by atoms with Gasteiger partial charge in [-0.2, -0.15) is 0 Å². The summed E-state index contributed by atoms with van der Waals surface area (Å²) < 4.78 is 6.30. The quantitative estimate of drug-likeness (QED) is 0.604. The Hall–Kier alpha value is -0.330. The van der Waals surface area contributed by atoms with E-state index in [9.17, 15) is 4.79 Å². The molecule has 0 aliphatic carbocycles. The Morgan fingerprint density at radius 3 is 3.00 bits per heavy atom. The zero-order valence-electron chi connectivity index (χ0n) is 9.35. The maximum absolute atomic E-state index is 10.3. The van der Waals surface area contributed by atoms with Gasteiger partial charge in [0.2, 0.25) is 0 Å². The largest absolute Gasteiger partial charge is 0.481 e. The molecule has 1 rings (SSSR count). The van der Waals surface area contributed by atoms with Crippen molar-refractivity contribution in [3.05, 3.63) is 0 Å². The van der Waals surface area contributed by atoms with E-state index < -0.39 is 5.97 Å². The molecule has 0 saturated carbocycles. The summed E-state index contributed by atoms with van der Waals surface area (Å²) in [4.78, 5) is 12.3. The molecule has 6 heteroatoms. The van der Waals surface area contributed by atoms with Crippen LogP contribution in [0.4, 0.5) is 0 Å². The summed E-state index contributed by atoms with van der Waals surface area (Å²) in [6.45, 7) is 0.807. The Kier molecular flexibility index (Phi) is 6.08. The molecule has 0 aromatic carbocycles. The third kappa shape index (κ3) is 4.67. The van der Waals surface area contributed by atoms with Crippen molar-refractivity contribution in [3.8, 4) is 0 Å². The number of thioether (sulfide) groups is 1. The smallest absolute Gasteiger partial charge is 0.303 e. The summed E-state index contributed by atoms with van der Waals surface area (Å²) in [6.07, 6.45) is 3.08. The van der Waals surface area contributed by atoms with E-state index in [0.29, 0.717) is 6.42 Å². The Morgan fingerprint density at radius 2 is 2.44 bits per heavy atom. The molecule has 0 spiro atoms. The van der Waals surface area contributed by atoms with E-state index in [1.165, 1.54) is 11.8 Å². The first-order valence-electron chi connectivity index (χ1n) is 5.34. The van der Waals surface area contributed by atoms with Gasteiger partial charge >= 0.3 is 5.97 Å². The van der Waals surface area contributed by atoms with Crippen LogP contribution in [0, 0.1) is 0 Å². The molecular weight excluding hydrogens is 246 g/mol. The van der Waals surface area contributed by atoms with Gasteiger partial charge in [0.25, 0.3) is 0 Å². The molecule has 0 aromatic rings. The van der Waals surface area contributed by atoms with Gasteiger partial charge in [0.1, 0.15) is 10.5 Å². The highest BCUT2D eigenvalue weighted by molar-refractivity contribution is 8.22. The first-order chi connectivity index (χ1) is 7.61. The first-order valence-corrected chi connectivity index (χ1v) is 6.73. The molecule has 1 unspecified atom stereocenters. The fraction of sp³-hybridized carbons (Fsp3) is 0.800. The standard InChI is InChI=1S/C10H17NO3S2/c1-11(8-4-2-6-14-8)10(15)16-7-3-5-9(12)13/h8H,2-7H2,1H3,(H,12,13). The number of carbonyl (C=O) groups is 1. The fourth-order valence-corrected chi connectivity index (χ4v) is 2.62. The molecular formula is C10H17NO3S2. The van der Waals surface area contributed by atoms with Crippen molar-refractivity contribution in [2.24, 2.45) is 0 Å². The molecule has 0 aromatic heterocycles. The molecule has 1 aliphatic rings. The van der Waals surface area contributed by atoms with Crippen LogP contribution in [0.25, 0.3) is 0 Å². The predicted octanol–water partition coefficient (Wildman–Crippen LogP) is 1.94. The highest BCUT2D eigenvalue weighted by Gasteiger charge is 2.22. The summed E-state index contributed by atoms with van der Waals surface area (Å²) in [5, 5.41) is 8.49. The molecule has 1 N–H and O–H groups in total. The Bertz CT molecular complexity index is 254. The van der Waals surface area contributed by atoms with Crippen LogP contribution in [0.2, 0.25) is 0 Å². The second-order valence-electron chi connectivity index (χ2n) is 3.69. The number of nitrogens with zero attached hydrogens (tertiary/aromatic N) is 1. The van der Waals surface area contributed by atoms with Gasteiger partial charge < -0.3 is 14.7 Å². The maximum atomic E-state index is 10.3. The molecule has 0 amide bonds. The van der Waals surface area contributed by atoms with Crippen molar-refractivity contribution in [2.45, 2.75) is 31.9 Å². The van der Waals surface area contributed by atoms with E-state index in [1.54, 1.807) is 0 Å². The third-order valence-electron chi connectivity index (χ3n) is 2.39. The molecule has 4 nitrogen and oxygen atoms in total. The van der Waals surface area contributed by atoms with Crippen molar-refractivity contribution in [2.75, 3.05) is 19.4 Å². The van der Waals surface area contributed by atoms with Gasteiger partial charge in [0.05, 0.1) is 0 Å². The van der Waals surface area contributed by atoms with E-state index in [0.717, 1.165) is 29.5 Å². The molecule has 1 fully saturated rings. The lowest BCUT2D eigenvalue weighted by Crippen LogP contribution is -2.33. The number of rotatable bonds is 5. The Morgan fingerprint density at radius 1 is 1.69 bits per heavy atom.